The maximum Gasteiger partial charge on any atom is 0.416 e. The van der Waals surface area contributed by atoms with Gasteiger partial charge < -0.3 is 14.7 Å². The molecule has 11 heteroatoms. The van der Waals surface area contributed by atoms with E-state index in [1.54, 1.807) is 71.6 Å². The summed E-state index contributed by atoms with van der Waals surface area (Å²) in [4.78, 5) is 33.3. The van der Waals surface area contributed by atoms with Crippen molar-refractivity contribution in [1.29, 1.82) is 0 Å². The van der Waals surface area contributed by atoms with Gasteiger partial charge in [0.25, 0.3) is 11.8 Å². The zero-order valence-electron chi connectivity index (χ0n) is 22.7. The van der Waals surface area contributed by atoms with Crippen molar-refractivity contribution < 1.29 is 27.0 Å². The Morgan fingerprint density at radius 3 is 2.33 bits per heavy atom. The van der Waals surface area contributed by atoms with Crippen LogP contribution in [-0.2, 0) is 23.5 Å². The summed E-state index contributed by atoms with van der Waals surface area (Å²) >= 11 is 6.21. The number of alkyl halides is 3. The predicted octanol–water partition coefficient (Wildman–Crippen LogP) is 6.65. The number of anilines is 2. The fraction of sp³-hybridized carbons (Fsp3) is 0.188. The normalized spacial score (nSPS) is 16.9. The molecule has 0 saturated carbocycles. The second kappa shape index (κ2) is 11.5. The zero-order chi connectivity index (χ0) is 30.3. The van der Waals surface area contributed by atoms with Gasteiger partial charge in [-0.2, -0.15) is 13.2 Å². The number of hydrogen-bond acceptors (Lipinski definition) is 4. The van der Waals surface area contributed by atoms with Crippen LogP contribution in [0.3, 0.4) is 0 Å². The van der Waals surface area contributed by atoms with Gasteiger partial charge in [0.2, 0.25) is 0 Å². The molecule has 0 aliphatic carbocycles. The van der Waals surface area contributed by atoms with Gasteiger partial charge in [-0.15, -0.1) is 0 Å². The van der Waals surface area contributed by atoms with Crippen molar-refractivity contribution in [2.24, 2.45) is 0 Å². The van der Waals surface area contributed by atoms with Gasteiger partial charge in [0.05, 0.1) is 43.9 Å². The predicted molar refractivity (Wildman–Crippen MR) is 159 cm³/mol. The number of amides is 2. The molecule has 0 unspecified atom stereocenters. The average Bonchev–Trinajstić information content (AvgIpc) is 3.10. The molecule has 0 spiro atoms. The largest absolute Gasteiger partial charge is 0.416 e. The van der Waals surface area contributed by atoms with Crippen molar-refractivity contribution >= 4 is 45.6 Å². The molecule has 0 N–H and O–H groups in total. The summed E-state index contributed by atoms with van der Waals surface area (Å²) in [7, 11) is -1.67. The minimum Gasteiger partial charge on any atom is -0.368 e. The topological polar surface area (TPSA) is 60.9 Å². The van der Waals surface area contributed by atoms with Crippen LogP contribution < -0.4 is 9.80 Å². The van der Waals surface area contributed by atoms with Gasteiger partial charge in [-0.25, -0.2) is 4.21 Å². The van der Waals surface area contributed by atoms with Gasteiger partial charge in [-0.1, -0.05) is 41.9 Å². The SMILES string of the molecule is O=C(c1ccc2c(c1)N(Cc1cccc(Cl)c1)C(=O)c1ccccc1[S@]2=O)N1CCN(c2cccc(C(F)(F)F)c2)CC1. The molecule has 1 atom stereocenters. The maximum absolute atomic E-state index is 13.9. The number of nitrogens with zero attached hydrogens (tertiary/aromatic N) is 3. The second-order valence-electron chi connectivity index (χ2n) is 10.3. The summed E-state index contributed by atoms with van der Waals surface area (Å²) in [6.45, 7) is 1.46. The Hall–Kier alpha value is -4.15. The molecule has 220 valence electrons. The van der Waals surface area contributed by atoms with Crippen LogP contribution in [0, 0.1) is 0 Å². The van der Waals surface area contributed by atoms with Gasteiger partial charge in [0.1, 0.15) is 0 Å². The lowest BCUT2D eigenvalue weighted by Crippen LogP contribution is -2.48. The third kappa shape index (κ3) is 5.77. The molecule has 1 saturated heterocycles. The van der Waals surface area contributed by atoms with Crippen LogP contribution in [-0.4, -0.2) is 47.1 Å². The first-order chi connectivity index (χ1) is 20.6. The minimum absolute atomic E-state index is 0.144. The van der Waals surface area contributed by atoms with E-state index in [9.17, 15) is 27.0 Å². The first-order valence-corrected chi connectivity index (χ1v) is 15.1. The summed E-state index contributed by atoms with van der Waals surface area (Å²) in [5.41, 5.74) is 1.50. The molecule has 4 aromatic carbocycles. The molecule has 0 aromatic heterocycles. The number of piperazine rings is 1. The first-order valence-electron chi connectivity index (χ1n) is 13.5. The third-order valence-electron chi connectivity index (χ3n) is 7.59. The number of rotatable bonds is 4. The zero-order valence-corrected chi connectivity index (χ0v) is 24.3. The van der Waals surface area contributed by atoms with Crippen LogP contribution in [0.15, 0.2) is 101 Å². The lowest BCUT2D eigenvalue weighted by Gasteiger charge is -2.36. The maximum atomic E-state index is 13.9. The Morgan fingerprint density at radius 1 is 0.837 bits per heavy atom. The molecular weight excluding hydrogens is 599 g/mol. The number of carbonyl (C=O) groups is 2. The fourth-order valence-corrected chi connectivity index (χ4v) is 6.96. The standard InChI is InChI=1S/C32H25ClF3N3O3S/c33-24-7-3-5-21(17-24)20-39-27-18-22(11-12-29(27)43(42)28-10-2-1-9-26(28)31(39)41)30(40)38-15-13-37(14-16-38)25-8-4-6-23(19-25)32(34,35)36/h1-12,17-19H,13-16,20H2/t43-/m1/s1. The Kier molecular flexibility index (Phi) is 7.74. The van der Waals surface area contributed by atoms with Gasteiger partial charge in [-0.05, 0) is 66.2 Å². The molecule has 2 aliphatic heterocycles. The smallest absolute Gasteiger partial charge is 0.368 e. The van der Waals surface area contributed by atoms with Crippen molar-refractivity contribution in [2.45, 2.75) is 22.5 Å². The lowest BCUT2D eigenvalue weighted by molar-refractivity contribution is -0.137. The van der Waals surface area contributed by atoms with Crippen LogP contribution in [0.1, 0.15) is 31.8 Å². The first kappa shape index (κ1) is 28.9. The summed E-state index contributed by atoms with van der Waals surface area (Å²) in [5.74, 6) is -0.629. The van der Waals surface area contributed by atoms with E-state index in [1.807, 2.05) is 11.0 Å². The van der Waals surface area contributed by atoms with Crippen molar-refractivity contribution in [3.8, 4) is 0 Å². The molecule has 6 rings (SSSR count). The highest BCUT2D eigenvalue weighted by Crippen LogP contribution is 2.37. The van der Waals surface area contributed by atoms with Crippen LogP contribution >= 0.6 is 11.6 Å². The number of benzene rings is 4. The number of carbonyl (C=O) groups excluding carboxylic acids is 2. The molecule has 43 heavy (non-hydrogen) atoms. The van der Waals surface area contributed by atoms with Crippen molar-refractivity contribution in [3.05, 3.63) is 118 Å². The third-order valence-corrected chi connectivity index (χ3v) is 9.33. The molecule has 1 fully saturated rings. The number of halogens is 4. The van der Waals surface area contributed by atoms with Crippen LogP contribution in [0.5, 0.6) is 0 Å². The van der Waals surface area contributed by atoms with Gasteiger partial charge in [0, 0.05) is 42.5 Å². The van der Waals surface area contributed by atoms with E-state index in [0.29, 0.717) is 63.5 Å². The Balaban J connectivity index is 1.28. The summed E-state index contributed by atoms with van der Waals surface area (Å²) in [6, 6.07) is 23.9. The molecule has 4 aromatic rings. The molecular formula is C32H25ClF3N3O3S. The van der Waals surface area contributed by atoms with Gasteiger partial charge >= 0.3 is 6.18 Å². The summed E-state index contributed by atoms with van der Waals surface area (Å²) < 4.78 is 53.3. The fourth-order valence-electron chi connectivity index (χ4n) is 5.40. The monoisotopic (exact) mass is 623 g/mol. The Bertz CT molecular complexity index is 1760. The highest BCUT2D eigenvalue weighted by Gasteiger charge is 2.33. The number of hydrogen-bond donors (Lipinski definition) is 0. The van der Waals surface area contributed by atoms with Gasteiger partial charge in [0.15, 0.2) is 0 Å². The van der Waals surface area contributed by atoms with E-state index in [0.717, 1.165) is 17.7 Å². The summed E-state index contributed by atoms with van der Waals surface area (Å²) in [6.07, 6.45) is -4.44. The van der Waals surface area contributed by atoms with Crippen molar-refractivity contribution in [1.82, 2.24) is 4.90 Å². The Morgan fingerprint density at radius 2 is 1.58 bits per heavy atom. The molecule has 2 heterocycles. The van der Waals surface area contributed by atoms with E-state index < -0.39 is 22.5 Å². The van der Waals surface area contributed by atoms with Crippen LogP contribution in [0.2, 0.25) is 5.02 Å². The average molecular weight is 624 g/mol. The molecule has 6 nitrogen and oxygen atoms in total. The Labute approximate surface area is 253 Å². The minimum atomic E-state index is -4.44. The van der Waals surface area contributed by atoms with Gasteiger partial charge in [-0.3, -0.25) is 9.59 Å². The van der Waals surface area contributed by atoms with Crippen molar-refractivity contribution in [3.63, 3.8) is 0 Å². The van der Waals surface area contributed by atoms with E-state index in [2.05, 4.69) is 0 Å². The molecule has 2 aliphatic rings. The molecule has 0 radical (unpaired) electrons. The highest BCUT2D eigenvalue weighted by molar-refractivity contribution is 7.85. The van der Waals surface area contributed by atoms with E-state index in [-0.39, 0.29) is 18.4 Å². The van der Waals surface area contributed by atoms with Crippen molar-refractivity contribution in [2.75, 3.05) is 36.0 Å². The van der Waals surface area contributed by atoms with Crippen LogP contribution in [0.25, 0.3) is 0 Å². The molecule has 0 bridgehead atoms. The van der Waals surface area contributed by atoms with Crippen LogP contribution in [0.4, 0.5) is 24.5 Å². The van der Waals surface area contributed by atoms with E-state index in [4.69, 9.17) is 11.6 Å². The summed E-state index contributed by atoms with van der Waals surface area (Å²) in [5, 5.41) is 0.511. The number of fused-ring (bicyclic) bond motifs is 2. The van der Waals surface area contributed by atoms with E-state index >= 15 is 0 Å². The highest BCUT2D eigenvalue weighted by atomic mass is 35.5. The lowest BCUT2D eigenvalue weighted by atomic mass is 10.1. The second-order valence-corrected chi connectivity index (χ2v) is 12.1. The van der Waals surface area contributed by atoms with E-state index in [1.165, 1.54) is 11.0 Å². The quantitative estimate of drug-likeness (QED) is 0.256. The molecule has 2 amide bonds.